The molecule has 4 aromatic carbocycles. The van der Waals surface area contributed by atoms with Gasteiger partial charge < -0.3 is 14.5 Å². The van der Waals surface area contributed by atoms with Crippen LogP contribution in [0.15, 0.2) is 118 Å². The van der Waals surface area contributed by atoms with Crippen LogP contribution in [0.3, 0.4) is 0 Å². The number of hydrogen-bond acceptors (Lipinski definition) is 4. The third-order valence-corrected chi connectivity index (χ3v) is 6.89. The van der Waals surface area contributed by atoms with E-state index in [0.29, 0.717) is 17.5 Å². The first-order valence-corrected chi connectivity index (χ1v) is 13.5. The zero-order valence-electron chi connectivity index (χ0n) is 23.3. The molecule has 0 bridgehead atoms. The molecule has 5 rings (SSSR count). The zero-order valence-corrected chi connectivity index (χ0v) is 23.3. The maximum absolute atomic E-state index is 14.0. The van der Waals surface area contributed by atoms with Crippen molar-refractivity contribution < 1.29 is 13.9 Å². The Morgan fingerprint density at radius 1 is 0.800 bits per heavy atom. The van der Waals surface area contributed by atoms with Crippen LogP contribution in [0.25, 0.3) is 11.1 Å². The van der Waals surface area contributed by atoms with Gasteiger partial charge in [0.25, 0.3) is 0 Å². The first kappa shape index (κ1) is 27.0. The van der Waals surface area contributed by atoms with Crippen LogP contribution in [0, 0.1) is 0 Å². The van der Waals surface area contributed by atoms with Crippen LogP contribution in [0.5, 0.6) is 0 Å². The third kappa shape index (κ3) is 5.17. The van der Waals surface area contributed by atoms with Crippen LogP contribution in [0.2, 0.25) is 0 Å². The number of ether oxygens (including phenoxy) is 1. The Kier molecular flexibility index (Phi) is 7.35. The minimum Gasteiger partial charge on any atom is -0.444 e. The predicted octanol–water partition coefficient (Wildman–Crippen LogP) is 6.89. The van der Waals surface area contributed by atoms with Gasteiger partial charge in [-0.05, 0) is 62.4 Å². The highest BCUT2D eigenvalue weighted by Crippen LogP contribution is 2.42. The van der Waals surface area contributed by atoms with Crippen molar-refractivity contribution in [3.05, 3.63) is 142 Å². The van der Waals surface area contributed by atoms with Gasteiger partial charge in [0.2, 0.25) is 0 Å². The van der Waals surface area contributed by atoms with Crippen molar-refractivity contribution in [1.82, 2.24) is 9.88 Å². The Bertz CT molecular complexity index is 1550. The molecule has 0 radical (unpaired) electrons. The predicted molar refractivity (Wildman–Crippen MR) is 158 cm³/mol. The number of carbonyl (C=O) groups excluding carboxylic acids is 1. The number of hydrogen-bond donors (Lipinski definition) is 1. The van der Waals surface area contributed by atoms with Gasteiger partial charge in [-0.2, -0.15) is 0 Å². The summed E-state index contributed by atoms with van der Waals surface area (Å²) in [6, 6.07) is 35.6. The molecule has 0 saturated carbocycles. The summed E-state index contributed by atoms with van der Waals surface area (Å²) in [5.74, 6) is -0.466. The Hall–Kier alpha value is -4.58. The summed E-state index contributed by atoms with van der Waals surface area (Å²) in [5.41, 5.74) is 3.20. The van der Waals surface area contributed by atoms with Crippen molar-refractivity contribution in [2.45, 2.75) is 51.3 Å². The fourth-order valence-electron chi connectivity index (χ4n) is 5.39. The average Bonchev–Trinajstić information content (AvgIpc) is 3.27. The second-order valence-electron chi connectivity index (χ2n) is 11.0. The van der Waals surface area contributed by atoms with Gasteiger partial charge in [0, 0.05) is 6.04 Å². The molecule has 1 heterocycles. The van der Waals surface area contributed by atoms with Crippen LogP contribution >= 0.6 is 0 Å². The molecule has 6 nitrogen and oxygen atoms in total. The summed E-state index contributed by atoms with van der Waals surface area (Å²) < 4.78 is 13.2. The van der Waals surface area contributed by atoms with Crippen LogP contribution in [0.4, 0.5) is 4.79 Å². The lowest BCUT2D eigenvalue weighted by atomic mass is 9.76. The number of aromatic nitrogens is 1. The number of nitrogens with zero attached hydrogens (tertiary/aromatic N) is 1. The molecule has 1 N–H and O–H groups in total. The smallest absolute Gasteiger partial charge is 0.421 e. The van der Waals surface area contributed by atoms with E-state index in [2.05, 4.69) is 5.32 Å². The van der Waals surface area contributed by atoms with Gasteiger partial charge in [0.05, 0.1) is 5.52 Å². The van der Waals surface area contributed by atoms with Crippen molar-refractivity contribution in [1.29, 1.82) is 0 Å². The van der Waals surface area contributed by atoms with Gasteiger partial charge in [-0.3, -0.25) is 4.57 Å². The molecule has 0 fully saturated rings. The van der Waals surface area contributed by atoms with Gasteiger partial charge in [-0.25, -0.2) is 9.59 Å². The third-order valence-electron chi connectivity index (χ3n) is 6.89. The number of nitrogens with one attached hydrogen (secondary N) is 1. The Morgan fingerprint density at radius 2 is 1.30 bits per heavy atom. The average molecular weight is 535 g/mol. The Balaban J connectivity index is 1.70. The van der Waals surface area contributed by atoms with Gasteiger partial charge >= 0.3 is 11.8 Å². The summed E-state index contributed by atoms with van der Waals surface area (Å²) in [5, 5.41) is 2.89. The number of rotatable bonds is 7. The van der Waals surface area contributed by atoms with E-state index in [1.807, 2.05) is 137 Å². The summed E-state index contributed by atoms with van der Waals surface area (Å²) >= 11 is 0. The number of fused-ring (bicyclic) bond motifs is 1. The lowest BCUT2D eigenvalue weighted by Crippen LogP contribution is -2.42. The minimum absolute atomic E-state index is 0.253. The van der Waals surface area contributed by atoms with E-state index < -0.39 is 23.0 Å². The van der Waals surface area contributed by atoms with Crippen LogP contribution < -0.4 is 11.1 Å². The fourth-order valence-corrected chi connectivity index (χ4v) is 5.39. The normalized spacial score (nSPS) is 12.7. The van der Waals surface area contributed by atoms with Crippen LogP contribution in [-0.4, -0.2) is 22.3 Å². The molecule has 1 amide bonds. The topological polar surface area (TPSA) is 73.5 Å². The maximum atomic E-state index is 14.0. The second-order valence-corrected chi connectivity index (χ2v) is 11.0. The van der Waals surface area contributed by atoms with Gasteiger partial charge in [0.1, 0.15) is 11.1 Å². The van der Waals surface area contributed by atoms with E-state index in [4.69, 9.17) is 9.15 Å². The molecule has 0 aliphatic heterocycles. The van der Waals surface area contributed by atoms with Gasteiger partial charge in [0.15, 0.2) is 5.58 Å². The molecule has 0 saturated heterocycles. The Labute approximate surface area is 234 Å². The lowest BCUT2D eigenvalue weighted by Gasteiger charge is -2.36. The van der Waals surface area contributed by atoms with E-state index in [1.54, 1.807) is 4.57 Å². The SMILES string of the molecule is CC(Cc1cccc2c1oc(=O)n2C(c1ccccc1)(c1ccccc1)c1ccccc1)NC(=O)OC(C)(C)C. The standard InChI is InChI=1S/C34H34N2O4/c1-24(35-31(37)40-33(2,3)4)23-25-15-14-22-29-30(25)39-32(38)36(29)34(26-16-8-5-9-17-26,27-18-10-6-11-19-27)28-20-12-7-13-21-28/h5-22,24H,23H2,1-4H3,(H,35,37). The van der Waals surface area contributed by atoms with E-state index in [1.165, 1.54) is 0 Å². The number of para-hydroxylation sites is 1. The fraction of sp³-hybridized carbons (Fsp3) is 0.235. The van der Waals surface area contributed by atoms with Crippen LogP contribution in [0.1, 0.15) is 49.9 Å². The highest BCUT2D eigenvalue weighted by atomic mass is 16.6. The van der Waals surface area contributed by atoms with Crippen molar-refractivity contribution in [3.8, 4) is 0 Å². The van der Waals surface area contributed by atoms with Gasteiger partial charge in [-0.15, -0.1) is 0 Å². The lowest BCUT2D eigenvalue weighted by molar-refractivity contribution is 0.0508. The molecule has 1 atom stereocenters. The van der Waals surface area contributed by atoms with Crippen molar-refractivity contribution in [2.75, 3.05) is 0 Å². The highest BCUT2D eigenvalue weighted by Gasteiger charge is 2.41. The van der Waals surface area contributed by atoms with E-state index in [-0.39, 0.29) is 6.04 Å². The number of benzene rings is 4. The monoisotopic (exact) mass is 534 g/mol. The second kappa shape index (κ2) is 10.9. The van der Waals surface area contributed by atoms with Crippen LogP contribution in [-0.2, 0) is 16.7 Å². The molecule has 204 valence electrons. The zero-order chi connectivity index (χ0) is 28.3. The van der Waals surface area contributed by atoms with Crippen molar-refractivity contribution >= 4 is 17.2 Å². The number of carbonyl (C=O) groups is 1. The first-order valence-electron chi connectivity index (χ1n) is 13.5. The molecular formula is C34H34N2O4. The van der Waals surface area contributed by atoms with E-state index >= 15 is 0 Å². The highest BCUT2D eigenvalue weighted by molar-refractivity contribution is 5.78. The molecular weight excluding hydrogens is 500 g/mol. The van der Waals surface area contributed by atoms with Crippen molar-refractivity contribution in [2.24, 2.45) is 0 Å². The molecule has 1 aromatic heterocycles. The maximum Gasteiger partial charge on any atom is 0.421 e. The molecule has 0 spiro atoms. The molecule has 0 aliphatic carbocycles. The first-order chi connectivity index (χ1) is 19.2. The number of oxazole rings is 1. The van der Waals surface area contributed by atoms with E-state index in [0.717, 1.165) is 22.3 Å². The molecule has 1 unspecified atom stereocenters. The quantitative estimate of drug-likeness (QED) is 0.231. The van der Waals surface area contributed by atoms with E-state index in [9.17, 15) is 9.59 Å². The van der Waals surface area contributed by atoms with Crippen molar-refractivity contribution in [3.63, 3.8) is 0 Å². The number of alkyl carbamates (subject to hydrolysis) is 1. The molecule has 6 heteroatoms. The molecule has 5 aromatic rings. The summed E-state index contributed by atoms with van der Waals surface area (Å²) in [7, 11) is 0. The Morgan fingerprint density at radius 3 is 1.77 bits per heavy atom. The molecule has 40 heavy (non-hydrogen) atoms. The summed E-state index contributed by atoms with van der Waals surface area (Å²) in [6.07, 6.45) is -0.0270. The summed E-state index contributed by atoms with van der Waals surface area (Å²) in [4.78, 5) is 26.4. The van der Waals surface area contributed by atoms with Gasteiger partial charge in [-0.1, -0.05) is 103 Å². The number of amides is 1. The summed E-state index contributed by atoms with van der Waals surface area (Å²) in [6.45, 7) is 7.38. The molecule has 0 aliphatic rings. The largest absolute Gasteiger partial charge is 0.444 e. The minimum atomic E-state index is -0.995.